The lowest BCUT2D eigenvalue weighted by Crippen LogP contribution is -2.12. The molecule has 0 aromatic heterocycles. The Bertz CT molecular complexity index is 344. The van der Waals surface area contributed by atoms with Crippen molar-refractivity contribution in [1.29, 1.82) is 0 Å². The second-order valence-corrected chi connectivity index (χ2v) is 3.83. The summed E-state index contributed by atoms with van der Waals surface area (Å²) in [6, 6.07) is 3.45. The monoisotopic (exact) mass is 275 g/mol. The van der Waals surface area contributed by atoms with Gasteiger partial charge in [0.15, 0.2) is 0 Å². The predicted octanol–water partition coefficient (Wildman–Crippen LogP) is 1.46. The first-order chi connectivity index (χ1) is 7.13. The molecule has 1 rings (SSSR count). The molecule has 1 aromatic rings. The van der Waals surface area contributed by atoms with E-state index in [4.69, 9.17) is 15.2 Å². The van der Waals surface area contributed by atoms with Gasteiger partial charge in [0.25, 0.3) is 0 Å². The number of halogens is 1. The first-order valence-electron chi connectivity index (χ1n) is 4.43. The van der Waals surface area contributed by atoms with Gasteiger partial charge in [-0.05, 0) is 28.1 Å². The maximum absolute atomic E-state index is 9.68. The van der Waals surface area contributed by atoms with Crippen LogP contribution in [0.25, 0.3) is 0 Å². The molecule has 84 valence electrons. The molecule has 1 aromatic carbocycles. The molecule has 0 aliphatic rings. The Labute approximate surface area is 97.1 Å². The van der Waals surface area contributed by atoms with Crippen molar-refractivity contribution >= 4 is 15.9 Å². The SMILES string of the molecule is COc1cc([C@@H](O)CN)c(OC)cc1Br. The van der Waals surface area contributed by atoms with Crippen molar-refractivity contribution in [3.8, 4) is 11.5 Å². The lowest BCUT2D eigenvalue weighted by atomic mass is 10.1. The molecular formula is C10H14BrNO3. The summed E-state index contributed by atoms with van der Waals surface area (Å²) in [5.74, 6) is 1.22. The lowest BCUT2D eigenvalue weighted by molar-refractivity contribution is 0.181. The number of methoxy groups -OCH3 is 2. The Morgan fingerprint density at radius 1 is 1.33 bits per heavy atom. The number of nitrogens with two attached hydrogens (primary N) is 1. The maximum atomic E-state index is 9.68. The summed E-state index contributed by atoms with van der Waals surface area (Å²) in [4.78, 5) is 0. The molecule has 0 aliphatic carbocycles. The number of hydrogen-bond donors (Lipinski definition) is 2. The Kier molecular flexibility index (Phi) is 4.38. The largest absolute Gasteiger partial charge is 0.496 e. The molecule has 4 nitrogen and oxygen atoms in total. The fraction of sp³-hybridized carbons (Fsp3) is 0.400. The fourth-order valence-electron chi connectivity index (χ4n) is 1.27. The Morgan fingerprint density at radius 2 is 1.93 bits per heavy atom. The van der Waals surface area contributed by atoms with Crippen LogP contribution >= 0.6 is 15.9 Å². The summed E-state index contributed by atoms with van der Waals surface area (Å²) in [5.41, 5.74) is 6.02. The van der Waals surface area contributed by atoms with Gasteiger partial charge in [0, 0.05) is 12.1 Å². The number of aliphatic hydroxyl groups is 1. The van der Waals surface area contributed by atoms with Gasteiger partial charge in [-0.3, -0.25) is 0 Å². The van der Waals surface area contributed by atoms with E-state index in [0.29, 0.717) is 17.1 Å². The average Bonchev–Trinajstić information content (AvgIpc) is 2.27. The van der Waals surface area contributed by atoms with E-state index in [1.54, 1.807) is 26.4 Å². The zero-order valence-corrected chi connectivity index (χ0v) is 10.2. The van der Waals surface area contributed by atoms with Crippen molar-refractivity contribution in [3.63, 3.8) is 0 Å². The molecule has 0 spiro atoms. The van der Waals surface area contributed by atoms with Crippen LogP contribution in [0, 0.1) is 0 Å². The van der Waals surface area contributed by atoms with Crippen LogP contribution in [-0.2, 0) is 0 Å². The van der Waals surface area contributed by atoms with E-state index in [-0.39, 0.29) is 6.54 Å². The van der Waals surface area contributed by atoms with Gasteiger partial charge in [-0.25, -0.2) is 0 Å². The third kappa shape index (κ3) is 2.62. The second-order valence-electron chi connectivity index (χ2n) is 2.98. The molecule has 0 fully saturated rings. The highest BCUT2D eigenvalue weighted by Gasteiger charge is 2.15. The van der Waals surface area contributed by atoms with Gasteiger partial charge in [-0.2, -0.15) is 0 Å². The number of ether oxygens (including phenoxy) is 2. The van der Waals surface area contributed by atoms with Gasteiger partial charge in [-0.15, -0.1) is 0 Å². The molecule has 1 atom stereocenters. The van der Waals surface area contributed by atoms with Gasteiger partial charge in [0.1, 0.15) is 11.5 Å². The number of aliphatic hydroxyl groups excluding tert-OH is 1. The molecule has 0 saturated carbocycles. The van der Waals surface area contributed by atoms with Crippen molar-refractivity contribution in [2.75, 3.05) is 20.8 Å². The van der Waals surface area contributed by atoms with E-state index in [0.717, 1.165) is 4.47 Å². The Morgan fingerprint density at radius 3 is 2.40 bits per heavy atom. The normalized spacial score (nSPS) is 12.3. The van der Waals surface area contributed by atoms with Crippen molar-refractivity contribution in [2.24, 2.45) is 5.73 Å². The van der Waals surface area contributed by atoms with Gasteiger partial charge in [-0.1, -0.05) is 0 Å². The second kappa shape index (κ2) is 5.34. The fourth-order valence-corrected chi connectivity index (χ4v) is 1.76. The van der Waals surface area contributed by atoms with Gasteiger partial charge >= 0.3 is 0 Å². The van der Waals surface area contributed by atoms with Crippen LogP contribution in [0.1, 0.15) is 11.7 Å². The van der Waals surface area contributed by atoms with Crippen molar-refractivity contribution < 1.29 is 14.6 Å². The topological polar surface area (TPSA) is 64.7 Å². The smallest absolute Gasteiger partial charge is 0.133 e. The summed E-state index contributed by atoms with van der Waals surface area (Å²) >= 11 is 3.34. The molecule has 0 aliphatic heterocycles. The zero-order valence-electron chi connectivity index (χ0n) is 8.66. The molecule has 5 heteroatoms. The van der Waals surface area contributed by atoms with E-state index in [9.17, 15) is 5.11 Å². The van der Waals surface area contributed by atoms with Gasteiger partial charge in [0.05, 0.1) is 24.8 Å². The summed E-state index contributed by atoms with van der Waals surface area (Å²) in [6.45, 7) is 0.140. The highest BCUT2D eigenvalue weighted by atomic mass is 79.9. The minimum Gasteiger partial charge on any atom is -0.496 e. The first-order valence-corrected chi connectivity index (χ1v) is 5.22. The summed E-state index contributed by atoms with van der Waals surface area (Å²) in [7, 11) is 3.10. The average molecular weight is 276 g/mol. The summed E-state index contributed by atoms with van der Waals surface area (Å²) < 4.78 is 11.0. The minimum atomic E-state index is -0.748. The highest BCUT2D eigenvalue weighted by molar-refractivity contribution is 9.10. The van der Waals surface area contributed by atoms with Crippen molar-refractivity contribution in [1.82, 2.24) is 0 Å². The molecule has 0 heterocycles. The molecule has 0 unspecified atom stereocenters. The molecule has 0 amide bonds. The predicted molar refractivity (Wildman–Crippen MR) is 61.3 cm³/mol. The third-order valence-electron chi connectivity index (χ3n) is 2.09. The molecular weight excluding hydrogens is 262 g/mol. The molecule has 0 bridgehead atoms. The Hall–Kier alpha value is -0.780. The molecule has 15 heavy (non-hydrogen) atoms. The summed E-state index contributed by atoms with van der Waals surface area (Å²) in [6.07, 6.45) is -0.748. The van der Waals surface area contributed by atoms with Crippen LogP contribution in [-0.4, -0.2) is 25.9 Å². The van der Waals surface area contributed by atoms with E-state index in [1.807, 2.05) is 0 Å². The van der Waals surface area contributed by atoms with E-state index >= 15 is 0 Å². The van der Waals surface area contributed by atoms with Gasteiger partial charge in [0.2, 0.25) is 0 Å². The standard InChI is InChI=1S/C10H14BrNO3/c1-14-9-4-7(11)10(15-2)3-6(9)8(13)5-12/h3-4,8,13H,5,12H2,1-2H3/t8-/m0/s1. The van der Waals surface area contributed by atoms with Crippen LogP contribution in [0.3, 0.4) is 0 Å². The number of hydrogen-bond acceptors (Lipinski definition) is 4. The van der Waals surface area contributed by atoms with E-state index in [2.05, 4.69) is 15.9 Å². The highest BCUT2D eigenvalue weighted by Crippen LogP contribution is 2.35. The minimum absolute atomic E-state index is 0.140. The zero-order chi connectivity index (χ0) is 11.4. The molecule has 0 radical (unpaired) electrons. The Balaban J connectivity index is 3.22. The van der Waals surface area contributed by atoms with Crippen LogP contribution in [0.15, 0.2) is 16.6 Å². The van der Waals surface area contributed by atoms with Crippen molar-refractivity contribution in [2.45, 2.75) is 6.10 Å². The quantitative estimate of drug-likeness (QED) is 0.873. The van der Waals surface area contributed by atoms with E-state index < -0.39 is 6.10 Å². The summed E-state index contributed by atoms with van der Waals surface area (Å²) in [5, 5.41) is 9.68. The maximum Gasteiger partial charge on any atom is 0.133 e. The van der Waals surface area contributed by atoms with Crippen LogP contribution in [0.2, 0.25) is 0 Å². The first kappa shape index (κ1) is 12.3. The lowest BCUT2D eigenvalue weighted by Gasteiger charge is -2.15. The number of benzene rings is 1. The van der Waals surface area contributed by atoms with E-state index in [1.165, 1.54) is 0 Å². The number of rotatable bonds is 4. The van der Waals surface area contributed by atoms with Crippen molar-refractivity contribution in [3.05, 3.63) is 22.2 Å². The van der Waals surface area contributed by atoms with Crippen LogP contribution in [0.4, 0.5) is 0 Å². The third-order valence-corrected chi connectivity index (χ3v) is 2.71. The van der Waals surface area contributed by atoms with Crippen LogP contribution in [0.5, 0.6) is 11.5 Å². The van der Waals surface area contributed by atoms with Gasteiger partial charge < -0.3 is 20.3 Å². The molecule has 3 N–H and O–H groups in total. The van der Waals surface area contributed by atoms with Crippen LogP contribution < -0.4 is 15.2 Å². The molecule has 0 saturated heterocycles.